The summed E-state index contributed by atoms with van der Waals surface area (Å²) in [7, 11) is 4.31. The molecular weight excluding hydrogens is 338 g/mol. The molecule has 1 unspecified atom stereocenters. The Kier molecular flexibility index (Phi) is 7.47. The van der Waals surface area contributed by atoms with Crippen molar-refractivity contribution in [2.24, 2.45) is 0 Å². The molecule has 0 heterocycles. The molecule has 0 aliphatic heterocycles. The van der Waals surface area contributed by atoms with Gasteiger partial charge in [-0.15, -0.1) is 0 Å². The number of nitrogens with one attached hydrogen (secondary N) is 3. The topological polar surface area (TPSA) is 98.2 Å². The molecule has 1 aromatic rings. The van der Waals surface area contributed by atoms with Gasteiger partial charge < -0.3 is 19.7 Å². The van der Waals surface area contributed by atoms with Crippen molar-refractivity contribution >= 4 is 35.2 Å². The number of likely N-dealkylation sites (N-methyl/N-ethyl adjacent to an activating group) is 1. The molecule has 132 valence electrons. The molecule has 0 spiro atoms. The summed E-state index contributed by atoms with van der Waals surface area (Å²) in [4.78, 5) is 35.6. The summed E-state index contributed by atoms with van der Waals surface area (Å²) in [5.74, 6) is -0.389. The van der Waals surface area contributed by atoms with Crippen LogP contribution >= 0.6 is 11.6 Å². The maximum Gasteiger partial charge on any atom is 0.413 e. The van der Waals surface area contributed by atoms with Gasteiger partial charge in [0.1, 0.15) is 5.75 Å². The largest absolute Gasteiger partial charge is 0.495 e. The number of hydrogen-bond donors (Lipinski definition) is 3. The van der Waals surface area contributed by atoms with Gasteiger partial charge in [0.25, 0.3) is 11.8 Å². The van der Waals surface area contributed by atoms with Gasteiger partial charge in [0.2, 0.25) is 0 Å². The second kappa shape index (κ2) is 9.09. The van der Waals surface area contributed by atoms with Gasteiger partial charge in [0.05, 0.1) is 27.0 Å². The van der Waals surface area contributed by atoms with Crippen molar-refractivity contribution in [2.75, 3.05) is 33.1 Å². The van der Waals surface area contributed by atoms with E-state index in [1.165, 1.54) is 7.11 Å². The fourth-order valence-electron chi connectivity index (χ4n) is 1.86. The van der Waals surface area contributed by atoms with Crippen molar-refractivity contribution in [3.63, 3.8) is 0 Å². The number of benzene rings is 1. The van der Waals surface area contributed by atoms with Gasteiger partial charge in [-0.05, 0) is 25.1 Å². The van der Waals surface area contributed by atoms with Crippen LogP contribution < -0.4 is 20.3 Å². The molecule has 24 heavy (non-hydrogen) atoms. The van der Waals surface area contributed by atoms with E-state index in [-0.39, 0.29) is 12.5 Å². The summed E-state index contributed by atoms with van der Waals surface area (Å²) in [5.41, 5.74) is 0.439. The van der Waals surface area contributed by atoms with Gasteiger partial charge in [-0.3, -0.25) is 14.9 Å². The molecule has 0 bridgehead atoms. The Hall–Kier alpha value is -2.32. The van der Waals surface area contributed by atoms with Crippen LogP contribution in [0.15, 0.2) is 18.2 Å². The van der Waals surface area contributed by atoms with Crippen molar-refractivity contribution in [1.29, 1.82) is 0 Å². The lowest BCUT2D eigenvalue weighted by Crippen LogP contribution is -3.15. The van der Waals surface area contributed by atoms with Crippen LogP contribution in [-0.4, -0.2) is 51.8 Å². The summed E-state index contributed by atoms with van der Waals surface area (Å²) in [6.45, 7) is 1.60. The Morgan fingerprint density at radius 1 is 1.29 bits per heavy atom. The van der Waals surface area contributed by atoms with Crippen molar-refractivity contribution in [3.8, 4) is 5.75 Å². The maximum absolute atomic E-state index is 12.2. The minimum atomic E-state index is -0.840. The highest BCUT2D eigenvalue weighted by Crippen LogP contribution is 2.27. The molecule has 8 nitrogen and oxygen atoms in total. The van der Waals surface area contributed by atoms with E-state index in [1.807, 2.05) is 0 Å². The second-order valence-electron chi connectivity index (χ2n) is 5.12. The van der Waals surface area contributed by atoms with E-state index in [0.717, 1.165) is 7.11 Å². The summed E-state index contributed by atoms with van der Waals surface area (Å²) >= 11 is 5.91. The lowest BCUT2D eigenvalue weighted by Gasteiger charge is -2.20. The van der Waals surface area contributed by atoms with Crippen LogP contribution in [0, 0.1) is 0 Å². The van der Waals surface area contributed by atoms with E-state index in [2.05, 4.69) is 15.4 Å². The quantitative estimate of drug-likeness (QED) is 0.668. The van der Waals surface area contributed by atoms with E-state index in [1.54, 1.807) is 32.2 Å². The van der Waals surface area contributed by atoms with Gasteiger partial charge in [-0.2, -0.15) is 0 Å². The second-order valence-corrected chi connectivity index (χ2v) is 5.55. The number of ether oxygens (including phenoxy) is 2. The van der Waals surface area contributed by atoms with Crippen molar-refractivity contribution < 1.29 is 28.8 Å². The number of amides is 3. The van der Waals surface area contributed by atoms with Crippen LogP contribution in [0.4, 0.5) is 10.5 Å². The normalized spacial score (nSPS) is 12.7. The van der Waals surface area contributed by atoms with Gasteiger partial charge in [-0.25, -0.2) is 4.79 Å². The lowest BCUT2D eigenvalue weighted by molar-refractivity contribution is -0.885. The number of hydrogen-bond acceptors (Lipinski definition) is 5. The SMILES string of the molecule is COC(=O)NC(=O)[C@H](C)[NH+](C)CC(=O)Nc1cc(Cl)ccc1OC. The van der Waals surface area contributed by atoms with Crippen LogP contribution in [0.1, 0.15) is 6.92 Å². The van der Waals surface area contributed by atoms with E-state index >= 15 is 0 Å². The Morgan fingerprint density at radius 2 is 1.96 bits per heavy atom. The number of anilines is 1. The zero-order valence-electron chi connectivity index (χ0n) is 13.9. The lowest BCUT2D eigenvalue weighted by atomic mass is 10.2. The van der Waals surface area contributed by atoms with Gasteiger partial charge in [0, 0.05) is 5.02 Å². The number of imide groups is 1. The number of methoxy groups -OCH3 is 2. The Morgan fingerprint density at radius 3 is 2.54 bits per heavy atom. The van der Waals surface area contributed by atoms with Crippen molar-refractivity contribution in [2.45, 2.75) is 13.0 Å². The number of quaternary nitrogens is 1. The first-order chi connectivity index (χ1) is 11.3. The third-order valence-corrected chi connectivity index (χ3v) is 3.65. The molecule has 0 aliphatic carbocycles. The first-order valence-electron chi connectivity index (χ1n) is 7.13. The Bertz CT molecular complexity index is 623. The molecule has 0 saturated carbocycles. The Labute approximate surface area is 145 Å². The standard InChI is InChI=1S/C15H20ClN3O5/c1-9(14(21)18-15(22)24-4)19(2)8-13(20)17-11-7-10(16)5-6-12(11)23-3/h5-7,9H,8H2,1-4H3,(H,17,20)(H,18,21,22)/p+1/t9-/m0/s1. The van der Waals surface area contributed by atoms with Crippen molar-refractivity contribution in [3.05, 3.63) is 23.2 Å². The smallest absolute Gasteiger partial charge is 0.413 e. The first kappa shape index (κ1) is 19.7. The third kappa shape index (κ3) is 5.71. The van der Waals surface area contributed by atoms with Gasteiger partial charge in [0.15, 0.2) is 12.6 Å². The number of halogens is 1. The van der Waals surface area contributed by atoms with Crippen LogP contribution in [-0.2, 0) is 14.3 Å². The van der Waals surface area contributed by atoms with Crippen molar-refractivity contribution in [1.82, 2.24) is 5.32 Å². The molecule has 0 radical (unpaired) electrons. The molecule has 0 aliphatic rings. The fraction of sp³-hybridized carbons (Fsp3) is 0.400. The predicted molar refractivity (Wildman–Crippen MR) is 88.4 cm³/mol. The minimum absolute atomic E-state index is 0.00538. The monoisotopic (exact) mass is 358 g/mol. The average Bonchev–Trinajstić information content (AvgIpc) is 2.53. The number of alkyl carbamates (subject to hydrolysis) is 1. The highest BCUT2D eigenvalue weighted by molar-refractivity contribution is 6.31. The molecule has 9 heteroatoms. The maximum atomic E-state index is 12.2. The molecule has 0 fully saturated rings. The molecule has 0 aromatic heterocycles. The Balaban J connectivity index is 2.65. The van der Waals surface area contributed by atoms with Gasteiger partial charge >= 0.3 is 6.09 Å². The van der Waals surface area contributed by atoms with E-state index in [4.69, 9.17) is 16.3 Å². The van der Waals surface area contributed by atoms with Crippen LogP contribution in [0.25, 0.3) is 0 Å². The van der Waals surface area contributed by atoms with Crippen LogP contribution in [0.5, 0.6) is 5.75 Å². The van der Waals surface area contributed by atoms with E-state index < -0.39 is 18.0 Å². The number of carbonyl (C=O) groups is 3. The first-order valence-corrected chi connectivity index (χ1v) is 7.50. The molecule has 1 aromatic carbocycles. The molecule has 1 rings (SSSR count). The average molecular weight is 359 g/mol. The summed E-state index contributed by atoms with van der Waals surface area (Å²) in [6.07, 6.45) is -0.840. The summed E-state index contributed by atoms with van der Waals surface area (Å²) in [6, 6.07) is 4.23. The highest BCUT2D eigenvalue weighted by atomic mass is 35.5. The predicted octanol–water partition coefficient (Wildman–Crippen LogP) is 0.0729. The van der Waals surface area contributed by atoms with Gasteiger partial charge in [-0.1, -0.05) is 11.6 Å². The van der Waals surface area contributed by atoms with E-state index in [0.29, 0.717) is 21.4 Å². The molecular formula is C15H21ClN3O5+. The third-order valence-electron chi connectivity index (χ3n) is 3.42. The highest BCUT2D eigenvalue weighted by Gasteiger charge is 2.25. The van der Waals surface area contributed by atoms with E-state index in [9.17, 15) is 14.4 Å². The minimum Gasteiger partial charge on any atom is -0.495 e. The molecule has 2 atom stereocenters. The number of carbonyl (C=O) groups excluding carboxylic acids is 3. The van der Waals surface area contributed by atoms with Crippen LogP contribution in [0.2, 0.25) is 5.02 Å². The number of rotatable bonds is 6. The zero-order valence-corrected chi connectivity index (χ0v) is 14.7. The molecule has 3 N–H and O–H groups in total. The molecule has 0 saturated heterocycles. The summed E-state index contributed by atoms with van der Waals surface area (Å²) in [5, 5.41) is 5.21. The summed E-state index contributed by atoms with van der Waals surface area (Å²) < 4.78 is 9.51. The van der Waals surface area contributed by atoms with Crippen LogP contribution in [0.3, 0.4) is 0 Å². The zero-order chi connectivity index (χ0) is 18.3. The molecule has 3 amide bonds. The fourth-order valence-corrected chi connectivity index (χ4v) is 2.03.